The van der Waals surface area contributed by atoms with Crippen molar-refractivity contribution in [3.63, 3.8) is 0 Å². The maximum atomic E-state index is 12.9. The summed E-state index contributed by atoms with van der Waals surface area (Å²) in [5.41, 5.74) is 0. The van der Waals surface area contributed by atoms with E-state index in [0.717, 1.165) is 84.2 Å². The molecule has 2 amide bonds. The molecule has 0 radical (unpaired) electrons. The highest BCUT2D eigenvalue weighted by molar-refractivity contribution is 5.81. The molecular formula is C24H41N3O3. The summed E-state index contributed by atoms with van der Waals surface area (Å²) in [4.78, 5) is 43.5. The van der Waals surface area contributed by atoms with E-state index in [2.05, 4.69) is 18.7 Å². The molecule has 0 bridgehead atoms. The predicted octanol–water partition coefficient (Wildman–Crippen LogP) is 2.95. The van der Waals surface area contributed by atoms with Gasteiger partial charge in [0.15, 0.2) is 0 Å². The third-order valence-electron chi connectivity index (χ3n) is 7.74. The van der Waals surface area contributed by atoms with Crippen LogP contribution in [-0.2, 0) is 14.4 Å². The summed E-state index contributed by atoms with van der Waals surface area (Å²) < 4.78 is 0. The average Bonchev–Trinajstić information content (AvgIpc) is 2.77. The lowest BCUT2D eigenvalue weighted by Gasteiger charge is -2.38. The zero-order chi connectivity index (χ0) is 21.7. The molecule has 0 atom stereocenters. The molecule has 0 aromatic rings. The Morgan fingerprint density at radius 3 is 1.87 bits per heavy atom. The fourth-order valence-corrected chi connectivity index (χ4v) is 5.42. The van der Waals surface area contributed by atoms with Gasteiger partial charge in [0.05, 0.1) is 0 Å². The molecule has 1 aliphatic carbocycles. The first kappa shape index (κ1) is 23.2. The largest absolute Gasteiger partial charge is 0.342 e. The van der Waals surface area contributed by atoms with E-state index in [9.17, 15) is 14.4 Å². The Morgan fingerprint density at radius 1 is 0.767 bits per heavy atom. The summed E-state index contributed by atoms with van der Waals surface area (Å²) in [6.45, 7) is 11.4. The SMILES string of the molecule is CC(=O)C1CCC(C(=O)N2CCC(CCC(=O)N3CCN(C(C)C)CC3)CC2)CC1. The van der Waals surface area contributed by atoms with Crippen LogP contribution < -0.4 is 0 Å². The highest BCUT2D eigenvalue weighted by Crippen LogP contribution is 2.32. The van der Waals surface area contributed by atoms with Crippen LogP contribution in [0.25, 0.3) is 0 Å². The Labute approximate surface area is 182 Å². The molecule has 6 heteroatoms. The maximum absolute atomic E-state index is 12.9. The minimum absolute atomic E-state index is 0.114. The van der Waals surface area contributed by atoms with Crippen LogP contribution in [-0.4, -0.2) is 77.6 Å². The Morgan fingerprint density at radius 2 is 1.33 bits per heavy atom. The summed E-state index contributed by atoms with van der Waals surface area (Å²) in [7, 11) is 0. The Hall–Kier alpha value is -1.43. The van der Waals surface area contributed by atoms with Crippen molar-refractivity contribution in [2.24, 2.45) is 17.8 Å². The molecule has 1 saturated carbocycles. The molecular weight excluding hydrogens is 378 g/mol. The van der Waals surface area contributed by atoms with Crippen LogP contribution in [0.15, 0.2) is 0 Å². The lowest BCUT2D eigenvalue weighted by atomic mass is 9.79. The van der Waals surface area contributed by atoms with Gasteiger partial charge in [0.2, 0.25) is 11.8 Å². The summed E-state index contributed by atoms with van der Waals surface area (Å²) in [5, 5.41) is 0. The van der Waals surface area contributed by atoms with Gasteiger partial charge >= 0.3 is 0 Å². The second-order valence-electron chi connectivity index (χ2n) is 9.98. The topological polar surface area (TPSA) is 60.9 Å². The van der Waals surface area contributed by atoms with Crippen molar-refractivity contribution in [2.45, 2.75) is 78.2 Å². The molecule has 3 fully saturated rings. The monoisotopic (exact) mass is 419 g/mol. The van der Waals surface area contributed by atoms with Gasteiger partial charge in [-0.3, -0.25) is 19.3 Å². The molecule has 2 heterocycles. The minimum Gasteiger partial charge on any atom is -0.342 e. The zero-order valence-electron chi connectivity index (χ0n) is 19.3. The first-order chi connectivity index (χ1) is 14.3. The van der Waals surface area contributed by atoms with Gasteiger partial charge in [-0.1, -0.05) is 0 Å². The van der Waals surface area contributed by atoms with Crippen LogP contribution in [0.4, 0.5) is 0 Å². The normalized spacial score (nSPS) is 26.8. The molecule has 0 N–H and O–H groups in total. The highest BCUT2D eigenvalue weighted by atomic mass is 16.2. The molecule has 6 nitrogen and oxygen atoms in total. The molecule has 0 aromatic heterocycles. The zero-order valence-corrected chi connectivity index (χ0v) is 19.3. The maximum Gasteiger partial charge on any atom is 0.225 e. The molecule has 0 aromatic carbocycles. The smallest absolute Gasteiger partial charge is 0.225 e. The van der Waals surface area contributed by atoms with Crippen molar-refractivity contribution >= 4 is 17.6 Å². The van der Waals surface area contributed by atoms with Gasteiger partial charge in [-0.05, 0) is 71.6 Å². The molecule has 0 spiro atoms. The van der Waals surface area contributed by atoms with E-state index in [1.807, 2.05) is 9.80 Å². The Bertz CT molecular complexity index is 597. The first-order valence-corrected chi connectivity index (χ1v) is 12.2. The van der Waals surface area contributed by atoms with E-state index in [0.29, 0.717) is 30.2 Å². The number of ketones is 1. The predicted molar refractivity (Wildman–Crippen MR) is 118 cm³/mol. The summed E-state index contributed by atoms with van der Waals surface area (Å²) in [6.07, 6.45) is 7.10. The van der Waals surface area contributed by atoms with Gasteiger partial charge < -0.3 is 9.80 Å². The fourth-order valence-electron chi connectivity index (χ4n) is 5.42. The average molecular weight is 420 g/mol. The third-order valence-corrected chi connectivity index (χ3v) is 7.74. The molecule has 3 aliphatic rings. The molecule has 170 valence electrons. The van der Waals surface area contributed by atoms with Crippen molar-refractivity contribution in [1.82, 2.24) is 14.7 Å². The Kier molecular flexibility index (Phi) is 8.32. The fraction of sp³-hybridized carbons (Fsp3) is 0.875. The van der Waals surface area contributed by atoms with E-state index in [1.165, 1.54) is 0 Å². The van der Waals surface area contributed by atoms with Gasteiger partial charge in [0.1, 0.15) is 5.78 Å². The van der Waals surface area contributed by atoms with Crippen LogP contribution in [0.3, 0.4) is 0 Å². The third kappa shape index (κ3) is 6.05. The number of carbonyl (C=O) groups excluding carboxylic acids is 3. The van der Waals surface area contributed by atoms with Crippen LogP contribution in [0.2, 0.25) is 0 Å². The van der Waals surface area contributed by atoms with Gasteiger partial charge in [-0.15, -0.1) is 0 Å². The highest BCUT2D eigenvalue weighted by Gasteiger charge is 2.33. The van der Waals surface area contributed by atoms with E-state index in [-0.39, 0.29) is 17.6 Å². The lowest BCUT2D eigenvalue weighted by molar-refractivity contribution is -0.139. The van der Waals surface area contributed by atoms with Gasteiger partial charge in [0.25, 0.3) is 0 Å². The number of hydrogen-bond acceptors (Lipinski definition) is 4. The number of piperazine rings is 1. The van der Waals surface area contributed by atoms with Crippen LogP contribution >= 0.6 is 0 Å². The van der Waals surface area contributed by atoms with Gasteiger partial charge in [-0.2, -0.15) is 0 Å². The minimum atomic E-state index is 0.114. The first-order valence-electron chi connectivity index (χ1n) is 12.2. The van der Waals surface area contributed by atoms with Crippen molar-refractivity contribution < 1.29 is 14.4 Å². The van der Waals surface area contributed by atoms with Crippen molar-refractivity contribution in [2.75, 3.05) is 39.3 Å². The summed E-state index contributed by atoms with van der Waals surface area (Å²) in [6, 6.07) is 0.555. The number of amides is 2. The molecule has 30 heavy (non-hydrogen) atoms. The van der Waals surface area contributed by atoms with Crippen molar-refractivity contribution in [1.29, 1.82) is 0 Å². The van der Waals surface area contributed by atoms with E-state index >= 15 is 0 Å². The molecule has 2 saturated heterocycles. The van der Waals surface area contributed by atoms with Gasteiger partial charge in [0, 0.05) is 63.6 Å². The number of nitrogens with zero attached hydrogens (tertiary/aromatic N) is 3. The summed E-state index contributed by atoms with van der Waals surface area (Å²) in [5.74, 6) is 1.73. The van der Waals surface area contributed by atoms with Crippen LogP contribution in [0.5, 0.6) is 0 Å². The second kappa shape index (κ2) is 10.7. The number of hydrogen-bond donors (Lipinski definition) is 0. The number of likely N-dealkylation sites (tertiary alicyclic amines) is 1. The van der Waals surface area contributed by atoms with Crippen molar-refractivity contribution in [3.8, 4) is 0 Å². The number of piperidine rings is 1. The van der Waals surface area contributed by atoms with E-state index in [1.54, 1.807) is 6.92 Å². The van der Waals surface area contributed by atoms with E-state index < -0.39 is 0 Å². The van der Waals surface area contributed by atoms with Crippen molar-refractivity contribution in [3.05, 3.63) is 0 Å². The molecule has 2 aliphatic heterocycles. The van der Waals surface area contributed by atoms with Crippen LogP contribution in [0.1, 0.15) is 72.1 Å². The number of rotatable bonds is 6. The second-order valence-corrected chi connectivity index (χ2v) is 9.98. The molecule has 0 unspecified atom stereocenters. The lowest BCUT2D eigenvalue weighted by Crippen LogP contribution is -2.50. The quantitative estimate of drug-likeness (QED) is 0.664. The Balaban J connectivity index is 1.33. The van der Waals surface area contributed by atoms with Crippen LogP contribution in [0, 0.1) is 17.8 Å². The molecule has 3 rings (SSSR count). The number of carbonyl (C=O) groups is 3. The summed E-state index contributed by atoms with van der Waals surface area (Å²) >= 11 is 0. The number of Topliss-reactive ketones (excluding diaryl/α,β-unsaturated/α-hetero) is 1. The van der Waals surface area contributed by atoms with E-state index in [4.69, 9.17) is 0 Å². The standard InChI is InChI=1S/C24H41N3O3/c1-18(2)25-14-16-26(17-15-25)23(29)9-4-20-10-12-27(13-11-20)24(30)22-7-5-21(6-8-22)19(3)28/h18,20-22H,4-17H2,1-3H3. The van der Waals surface area contributed by atoms with Gasteiger partial charge in [-0.25, -0.2) is 0 Å².